The molecule has 0 radical (unpaired) electrons. The molecule has 21 heavy (non-hydrogen) atoms. The number of hydrogen-bond donors (Lipinski definition) is 3. The molecule has 2 atom stereocenters. The molecule has 118 valence electrons. The lowest BCUT2D eigenvalue weighted by atomic mass is 9.88. The second-order valence-electron chi connectivity index (χ2n) is 5.56. The predicted molar refractivity (Wildman–Crippen MR) is 89.4 cm³/mol. The van der Waals surface area contributed by atoms with Crippen molar-refractivity contribution in [3.63, 3.8) is 0 Å². The molecule has 0 spiro atoms. The van der Waals surface area contributed by atoms with Gasteiger partial charge in [-0.1, -0.05) is 13.8 Å². The van der Waals surface area contributed by atoms with Gasteiger partial charge in [0.15, 0.2) is 0 Å². The number of halogens is 1. The summed E-state index contributed by atoms with van der Waals surface area (Å²) >= 11 is 4.63. The third-order valence-electron chi connectivity index (χ3n) is 3.64. The van der Waals surface area contributed by atoms with Gasteiger partial charge in [0.1, 0.15) is 6.04 Å². The second kappa shape index (κ2) is 7.38. The highest BCUT2D eigenvalue weighted by Crippen LogP contribution is 2.22. The maximum atomic E-state index is 12.2. The van der Waals surface area contributed by atoms with Gasteiger partial charge < -0.3 is 16.4 Å². The van der Waals surface area contributed by atoms with Crippen LogP contribution in [0.25, 0.3) is 0 Å². The van der Waals surface area contributed by atoms with Crippen LogP contribution in [0.2, 0.25) is 0 Å². The maximum absolute atomic E-state index is 12.2. The minimum Gasteiger partial charge on any atom is -0.348 e. The summed E-state index contributed by atoms with van der Waals surface area (Å²) in [6, 6.07) is 2.89. The van der Waals surface area contributed by atoms with E-state index in [4.69, 9.17) is 5.73 Å². The van der Waals surface area contributed by atoms with Gasteiger partial charge in [-0.15, -0.1) is 11.3 Å². The molecular formula is C14H22BrN3O2S. The van der Waals surface area contributed by atoms with Gasteiger partial charge in [-0.05, 0) is 47.8 Å². The van der Waals surface area contributed by atoms with E-state index < -0.39 is 11.6 Å². The number of hydrogen-bond acceptors (Lipinski definition) is 4. The first kappa shape index (κ1) is 18.1. The molecule has 2 unspecified atom stereocenters. The molecule has 0 aliphatic rings. The Hall–Kier alpha value is -0.920. The fraction of sp³-hybridized carbons (Fsp3) is 0.571. The van der Waals surface area contributed by atoms with Crippen molar-refractivity contribution < 1.29 is 9.59 Å². The number of carbonyl (C=O) groups is 2. The molecule has 7 heteroatoms. The van der Waals surface area contributed by atoms with E-state index in [1.807, 2.05) is 20.8 Å². The van der Waals surface area contributed by atoms with Crippen LogP contribution in [-0.2, 0) is 4.79 Å². The summed E-state index contributed by atoms with van der Waals surface area (Å²) in [5.41, 5.74) is 5.26. The average Bonchev–Trinajstić information content (AvgIpc) is 2.84. The zero-order chi connectivity index (χ0) is 16.2. The van der Waals surface area contributed by atoms with Crippen molar-refractivity contribution in [3.8, 4) is 0 Å². The largest absolute Gasteiger partial charge is 0.348 e. The lowest BCUT2D eigenvalue weighted by molar-refractivity contribution is -0.124. The van der Waals surface area contributed by atoms with Gasteiger partial charge in [0, 0.05) is 6.54 Å². The highest BCUT2D eigenvalue weighted by atomic mass is 79.9. The van der Waals surface area contributed by atoms with E-state index in [2.05, 4.69) is 26.6 Å². The number of nitrogens with two attached hydrogens (primary N) is 1. The van der Waals surface area contributed by atoms with Gasteiger partial charge in [0.25, 0.3) is 5.91 Å². The van der Waals surface area contributed by atoms with Crippen molar-refractivity contribution >= 4 is 39.1 Å². The zero-order valence-corrected chi connectivity index (χ0v) is 15.1. The lowest BCUT2D eigenvalue weighted by Gasteiger charge is -2.34. The molecule has 1 rings (SSSR count). The Kier molecular flexibility index (Phi) is 6.37. The normalized spacial score (nSPS) is 15.4. The van der Waals surface area contributed by atoms with Crippen LogP contribution in [0.15, 0.2) is 15.9 Å². The van der Waals surface area contributed by atoms with Crippen molar-refractivity contribution in [3.05, 3.63) is 20.8 Å². The summed E-state index contributed by atoms with van der Waals surface area (Å²) in [7, 11) is 0. The van der Waals surface area contributed by atoms with E-state index in [1.165, 1.54) is 11.3 Å². The zero-order valence-electron chi connectivity index (χ0n) is 12.7. The van der Waals surface area contributed by atoms with E-state index in [9.17, 15) is 9.59 Å². The first-order valence-electron chi connectivity index (χ1n) is 6.78. The van der Waals surface area contributed by atoms with E-state index >= 15 is 0 Å². The molecule has 0 aliphatic heterocycles. The first-order chi connectivity index (χ1) is 9.69. The summed E-state index contributed by atoms with van der Waals surface area (Å²) in [4.78, 5) is 24.8. The minimum absolute atomic E-state index is 0.197. The van der Waals surface area contributed by atoms with Crippen LogP contribution in [0.5, 0.6) is 0 Å². The molecule has 0 saturated heterocycles. The van der Waals surface area contributed by atoms with E-state index in [1.54, 1.807) is 19.1 Å². The van der Waals surface area contributed by atoms with Gasteiger partial charge in [-0.25, -0.2) is 0 Å². The van der Waals surface area contributed by atoms with Gasteiger partial charge in [0.05, 0.1) is 14.2 Å². The van der Waals surface area contributed by atoms with Gasteiger partial charge in [-0.3, -0.25) is 9.59 Å². The highest BCUT2D eigenvalue weighted by Gasteiger charge is 2.30. The molecule has 4 N–H and O–H groups in total. The maximum Gasteiger partial charge on any atom is 0.262 e. The summed E-state index contributed by atoms with van der Waals surface area (Å²) < 4.78 is 0.875. The summed E-state index contributed by atoms with van der Waals surface area (Å²) in [5, 5.41) is 5.61. The predicted octanol–water partition coefficient (Wildman–Crippen LogP) is 2.12. The fourth-order valence-electron chi connectivity index (χ4n) is 1.59. The monoisotopic (exact) mass is 375 g/mol. The minimum atomic E-state index is -0.622. The summed E-state index contributed by atoms with van der Waals surface area (Å²) in [6.45, 7) is 7.90. The molecule has 0 saturated carbocycles. The second-order valence-corrected chi connectivity index (χ2v) is 8.03. The molecule has 5 nitrogen and oxygen atoms in total. The van der Waals surface area contributed by atoms with Gasteiger partial charge in [0.2, 0.25) is 5.91 Å². The summed E-state index contributed by atoms with van der Waals surface area (Å²) in [5.74, 6) is -0.296. The Labute approximate surface area is 137 Å². The van der Waals surface area contributed by atoms with Crippen LogP contribution in [0.3, 0.4) is 0 Å². The first-order valence-corrected chi connectivity index (χ1v) is 8.39. The number of nitrogens with one attached hydrogen (secondary N) is 2. The van der Waals surface area contributed by atoms with E-state index in [0.29, 0.717) is 11.4 Å². The Balaban J connectivity index is 2.65. The van der Waals surface area contributed by atoms with E-state index in [0.717, 1.165) is 3.79 Å². The average molecular weight is 376 g/mol. The van der Waals surface area contributed by atoms with Crippen molar-refractivity contribution in [1.29, 1.82) is 0 Å². The number of amides is 2. The van der Waals surface area contributed by atoms with Crippen molar-refractivity contribution in [2.75, 3.05) is 6.54 Å². The molecule has 0 bridgehead atoms. The quantitative estimate of drug-likeness (QED) is 0.711. The van der Waals surface area contributed by atoms with Crippen LogP contribution < -0.4 is 16.4 Å². The SMILES string of the molecule is CC(NC(=O)c1ccc(Br)s1)C(=O)NC(C)(CN)C(C)C. The van der Waals surface area contributed by atoms with Crippen LogP contribution in [-0.4, -0.2) is 29.9 Å². The van der Waals surface area contributed by atoms with Crippen molar-refractivity contribution in [2.45, 2.75) is 39.3 Å². The number of rotatable bonds is 6. The van der Waals surface area contributed by atoms with Crippen LogP contribution in [0.4, 0.5) is 0 Å². The third-order valence-corrected chi connectivity index (χ3v) is 5.27. The fourth-order valence-corrected chi connectivity index (χ4v) is 2.88. The van der Waals surface area contributed by atoms with Crippen molar-refractivity contribution in [2.24, 2.45) is 11.7 Å². The standard InChI is InChI=1S/C14H22BrN3O2S/c1-8(2)14(4,7-16)18-12(19)9(3)17-13(20)10-5-6-11(15)21-10/h5-6,8-9H,7,16H2,1-4H3,(H,17,20)(H,18,19). The third kappa shape index (κ3) is 4.79. The Morgan fingerprint density at radius 3 is 2.43 bits per heavy atom. The molecule has 1 heterocycles. The number of carbonyl (C=O) groups excluding carboxylic acids is 2. The van der Waals surface area contributed by atoms with Crippen LogP contribution in [0, 0.1) is 5.92 Å². The van der Waals surface area contributed by atoms with Crippen molar-refractivity contribution in [1.82, 2.24) is 10.6 Å². The van der Waals surface area contributed by atoms with Crippen LogP contribution in [0.1, 0.15) is 37.4 Å². The van der Waals surface area contributed by atoms with Crippen LogP contribution >= 0.6 is 27.3 Å². The highest BCUT2D eigenvalue weighted by molar-refractivity contribution is 9.11. The molecule has 2 amide bonds. The Bertz CT molecular complexity index is 518. The summed E-state index contributed by atoms with van der Waals surface area (Å²) in [6.07, 6.45) is 0. The molecule has 1 aromatic rings. The number of thiophene rings is 1. The molecule has 0 aromatic carbocycles. The molecular weight excluding hydrogens is 354 g/mol. The molecule has 0 fully saturated rings. The van der Waals surface area contributed by atoms with Gasteiger partial charge in [-0.2, -0.15) is 0 Å². The topological polar surface area (TPSA) is 84.2 Å². The van der Waals surface area contributed by atoms with Gasteiger partial charge >= 0.3 is 0 Å². The lowest BCUT2D eigenvalue weighted by Crippen LogP contribution is -2.59. The smallest absolute Gasteiger partial charge is 0.262 e. The molecule has 1 aromatic heterocycles. The molecule has 0 aliphatic carbocycles. The van der Waals surface area contributed by atoms with E-state index in [-0.39, 0.29) is 17.7 Å². The Morgan fingerprint density at radius 1 is 1.38 bits per heavy atom. The Morgan fingerprint density at radius 2 is 2.00 bits per heavy atom.